The number of methoxy groups -OCH3 is 2. The molecule has 0 saturated carbocycles. The van der Waals surface area contributed by atoms with E-state index in [-0.39, 0.29) is 5.56 Å². The number of para-hydroxylation sites is 2. The van der Waals surface area contributed by atoms with Crippen LogP contribution in [-0.4, -0.2) is 35.9 Å². The topological polar surface area (TPSA) is 82.9 Å². The molecule has 0 unspecified atom stereocenters. The molecule has 1 aliphatic rings. The van der Waals surface area contributed by atoms with Crippen molar-refractivity contribution in [3.05, 3.63) is 83.6 Å². The van der Waals surface area contributed by atoms with Gasteiger partial charge in [-0.15, -0.1) is 0 Å². The lowest BCUT2D eigenvalue weighted by atomic mass is 10.1. The van der Waals surface area contributed by atoms with Gasteiger partial charge in [0.05, 0.1) is 36.5 Å². The molecule has 1 aliphatic carbocycles. The number of hydrogen-bond donors (Lipinski definition) is 0. The van der Waals surface area contributed by atoms with Crippen molar-refractivity contribution in [1.82, 2.24) is 9.97 Å². The van der Waals surface area contributed by atoms with E-state index < -0.39 is 5.97 Å². The van der Waals surface area contributed by atoms with E-state index in [2.05, 4.69) is 5.16 Å². The second kappa shape index (κ2) is 7.53. The fraction of sp³-hybridized carbons (Fsp3) is 0.0833. The number of fused-ring (bicyclic) bond motifs is 4. The number of nitrogens with zero attached hydrogens (tertiary/aromatic N) is 3. The summed E-state index contributed by atoms with van der Waals surface area (Å²) < 4.78 is 10.5. The summed E-state index contributed by atoms with van der Waals surface area (Å²) in [6.45, 7) is 0. The zero-order valence-corrected chi connectivity index (χ0v) is 16.8. The molecule has 1 heterocycles. The molecular weight excluding hydrogens is 394 g/mol. The first-order valence-electron chi connectivity index (χ1n) is 9.58. The molecule has 0 aliphatic heterocycles. The molecule has 0 amide bonds. The Morgan fingerprint density at radius 3 is 2.13 bits per heavy atom. The lowest BCUT2D eigenvalue weighted by Gasteiger charge is -2.08. The van der Waals surface area contributed by atoms with Gasteiger partial charge in [-0.1, -0.05) is 41.6 Å². The molecule has 0 bridgehead atoms. The van der Waals surface area contributed by atoms with Gasteiger partial charge < -0.3 is 14.3 Å². The summed E-state index contributed by atoms with van der Waals surface area (Å²) in [6.07, 6.45) is 0. The average Bonchev–Trinajstić information content (AvgIpc) is 3.13. The molecule has 7 heteroatoms. The number of carbonyl (C=O) groups is 1. The molecule has 31 heavy (non-hydrogen) atoms. The van der Waals surface area contributed by atoms with Crippen LogP contribution in [0, 0.1) is 0 Å². The molecule has 5 rings (SSSR count). The lowest BCUT2D eigenvalue weighted by Crippen LogP contribution is -2.07. The highest BCUT2D eigenvalue weighted by Crippen LogP contribution is 2.35. The fourth-order valence-corrected chi connectivity index (χ4v) is 3.57. The molecule has 4 aromatic rings. The number of hydrogen-bond acceptors (Lipinski definition) is 7. The third-order valence-corrected chi connectivity index (χ3v) is 5.07. The van der Waals surface area contributed by atoms with Gasteiger partial charge in [0.1, 0.15) is 11.4 Å². The molecule has 0 saturated heterocycles. The maximum Gasteiger partial charge on any atom is 0.365 e. The summed E-state index contributed by atoms with van der Waals surface area (Å²) >= 11 is 0. The molecule has 3 aromatic carbocycles. The van der Waals surface area contributed by atoms with Crippen LogP contribution in [0.15, 0.2) is 71.9 Å². The van der Waals surface area contributed by atoms with E-state index in [1.165, 1.54) is 14.2 Å². The minimum Gasteiger partial charge on any atom is -0.493 e. The van der Waals surface area contributed by atoms with Gasteiger partial charge in [-0.3, -0.25) is 0 Å². The van der Waals surface area contributed by atoms with Crippen molar-refractivity contribution in [3.8, 4) is 22.8 Å². The number of aromatic nitrogens is 2. The molecule has 0 fully saturated rings. The predicted octanol–water partition coefficient (Wildman–Crippen LogP) is 4.24. The molecule has 0 atom stereocenters. The molecule has 7 nitrogen and oxygen atoms in total. The van der Waals surface area contributed by atoms with Crippen molar-refractivity contribution in [3.63, 3.8) is 0 Å². The fourth-order valence-electron chi connectivity index (χ4n) is 3.57. The van der Waals surface area contributed by atoms with Crippen LogP contribution in [0.4, 0.5) is 0 Å². The molecular formula is C24H17N3O4. The number of benzene rings is 3. The van der Waals surface area contributed by atoms with Gasteiger partial charge >= 0.3 is 5.97 Å². The highest BCUT2D eigenvalue weighted by molar-refractivity contribution is 6.23. The quantitative estimate of drug-likeness (QED) is 0.325. The van der Waals surface area contributed by atoms with Crippen LogP contribution in [0.2, 0.25) is 0 Å². The summed E-state index contributed by atoms with van der Waals surface area (Å²) in [4.78, 5) is 27.4. The minimum absolute atomic E-state index is 0.290. The normalized spacial score (nSPS) is 13.0. The zero-order valence-electron chi connectivity index (χ0n) is 16.8. The van der Waals surface area contributed by atoms with Crippen LogP contribution < -0.4 is 9.47 Å². The summed E-state index contributed by atoms with van der Waals surface area (Å²) in [5, 5.41) is 4.18. The van der Waals surface area contributed by atoms with Crippen molar-refractivity contribution >= 4 is 22.7 Å². The Bertz CT molecular complexity index is 1360. The monoisotopic (exact) mass is 411 g/mol. The standard InChI is InChI=1S/C24H17N3O4/c1-29-19-12-11-14(13-20(19)30-2)24(28)31-27-22-16-8-4-3-7-15(16)21-23(22)26-18-10-6-5-9-17(18)25-21/h3-13H,1-2H3. The summed E-state index contributed by atoms with van der Waals surface area (Å²) in [5.74, 6) is 0.331. The van der Waals surface area contributed by atoms with Crippen LogP contribution in [0.5, 0.6) is 11.5 Å². The predicted molar refractivity (Wildman–Crippen MR) is 116 cm³/mol. The second-order valence-corrected chi connectivity index (χ2v) is 6.84. The van der Waals surface area contributed by atoms with Crippen molar-refractivity contribution in [2.75, 3.05) is 14.2 Å². The Hall–Kier alpha value is -4.26. The van der Waals surface area contributed by atoms with Gasteiger partial charge in [0, 0.05) is 11.1 Å². The molecule has 0 spiro atoms. The number of rotatable bonds is 4. The van der Waals surface area contributed by atoms with E-state index in [0.29, 0.717) is 22.9 Å². The molecule has 0 N–H and O–H groups in total. The smallest absolute Gasteiger partial charge is 0.365 e. The van der Waals surface area contributed by atoms with Gasteiger partial charge in [0.25, 0.3) is 0 Å². The van der Waals surface area contributed by atoms with Crippen molar-refractivity contribution < 1.29 is 19.1 Å². The highest BCUT2D eigenvalue weighted by Gasteiger charge is 2.29. The first kappa shape index (κ1) is 18.7. The van der Waals surface area contributed by atoms with E-state index in [9.17, 15) is 4.79 Å². The highest BCUT2D eigenvalue weighted by atomic mass is 16.7. The lowest BCUT2D eigenvalue weighted by molar-refractivity contribution is 0.0516. The summed E-state index contributed by atoms with van der Waals surface area (Å²) in [7, 11) is 3.03. The van der Waals surface area contributed by atoms with E-state index in [0.717, 1.165) is 27.9 Å². The first-order valence-corrected chi connectivity index (χ1v) is 9.58. The minimum atomic E-state index is -0.617. The van der Waals surface area contributed by atoms with Crippen molar-refractivity contribution in [2.45, 2.75) is 0 Å². The van der Waals surface area contributed by atoms with Gasteiger partial charge in [0.15, 0.2) is 11.5 Å². The zero-order chi connectivity index (χ0) is 21.4. The summed E-state index contributed by atoms with van der Waals surface area (Å²) in [5.41, 5.74) is 5.31. The molecule has 0 radical (unpaired) electrons. The SMILES string of the molecule is COc1ccc(C(=O)ON=C2c3ccccc3-c3nc4ccccc4nc32)cc1OC. The largest absolute Gasteiger partial charge is 0.493 e. The van der Waals surface area contributed by atoms with Gasteiger partial charge in [-0.05, 0) is 30.3 Å². The van der Waals surface area contributed by atoms with E-state index in [4.69, 9.17) is 24.3 Å². The van der Waals surface area contributed by atoms with Crippen LogP contribution in [0.3, 0.4) is 0 Å². The second-order valence-electron chi connectivity index (χ2n) is 6.84. The Morgan fingerprint density at radius 2 is 1.42 bits per heavy atom. The first-order chi connectivity index (χ1) is 15.2. The van der Waals surface area contributed by atoms with Crippen molar-refractivity contribution in [2.24, 2.45) is 5.16 Å². The van der Waals surface area contributed by atoms with E-state index in [1.807, 2.05) is 48.5 Å². The van der Waals surface area contributed by atoms with Crippen LogP contribution >= 0.6 is 0 Å². The van der Waals surface area contributed by atoms with Crippen molar-refractivity contribution in [1.29, 1.82) is 0 Å². The van der Waals surface area contributed by atoms with Crippen LogP contribution in [0.25, 0.3) is 22.3 Å². The Kier molecular flexibility index (Phi) is 4.55. The van der Waals surface area contributed by atoms with E-state index in [1.54, 1.807) is 18.2 Å². The average molecular weight is 411 g/mol. The number of ether oxygens (including phenoxy) is 2. The van der Waals surface area contributed by atoms with Gasteiger partial charge in [-0.25, -0.2) is 14.8 Å². The molecule has 1 aromatic heterocycles. The number of oxime groups is 1. The maximum absolute atomic E-state index is 12.6. The van der Waals surface area contributed by atoms with Crippen LogP contribution in [0.1, 0.15) is 21.6 Å². The number of carbonyl (C=O) groups excluding carboxylic acids is 1. The third kappa shape index (κ3) is 3.16. The van der Waals surface area contributed by atoms with E-state index >= 15 is 0 Å². The van der Waals surface area contributed by atoms with Gasteiger partial charge in [0.2, 0.25) is 0 Å². The summed E-state index contributed by atoms with van der Waals surface area (Å²) in [6, 6.07) is 20.1. The molecule has 152 valence electrons. The van der Waals surface area contributed by atoms with Crippen LogP contribution in [-0.2, 0) is 4.84 Å². The maximum atomic E-state index is 12.6. The third-order valence-electron chi connectivity index (χ3n) is 5.07. The Labute approximate surface area is 177 Å². The van der Waals surface area contributed by atoms with Gasteiger partial charge in [-0.2, -0.15) is 0 Å². The Balaban J connectivity index is 1.55. The Morgan fingerprint density at radius 1 is 0.774 bits per heavy atom.